The molecule has 25 heavy (non-hydrogen) atoms. The smallest absolute Gasteiger partial charge is 0.336 e. The Hall–Kier alpha value is -3.68. The molecule has 8 nitrogen and oxygen atoms in total. The third-order valence-corrected chi connectivity index (χ3v) is 2.72. The summed E-state index contributed by atoms with van der Waals surface area (Å²) in [6.45, 7) is 1.08. The van der Waals surface area contributed by atoms with E-state index >= 15 is 0 Å². The van der Waals surface area contributed by atoms with Crippen LogP contribution >= 0.6 is 0 Å². The highest BCUT2D eigenvalue weighted by Gasteiger charge is 2.04. The van der Waals surface area contributed by atoms with E-state index in [0.717, 1.165) is 23.7 Å². The number of hydrogen-bond donors (Lipinski definition) is 1. The molecule has 0 amide bonds. The maximum Gasteiger partial charge on any atom is 0.336 e. The van der Waals surface area contributed by atoms with Crippen molar-refractivity contribution in [2.45, 2.75) is 6.92 Å². The number of hydrogen-bond acceptors (Lipinski definition) is 7. The highest BCUT2D eigenvalue weighted by molar-refractivity contribution is 5.75. The van der Waals surface area contributed by atoms with Gasteiger partial charge in [0, 0.05) is 18.4 Å². The van der Waals surface area contributed by atoms with E-state index in [1.54, 1.807) is 36.7 Å². The first-order valence-corrected chi connectivity index (χ1v) is 7.14. The number of aliphatic carboxylic acids is 1. The van der Waals surface area contributed by atoms with E-state index in [2.05, 4.69) is 20.5 Å². The third kappa shape index (κ3) is 5.79. The average Bonchev–Trinajstić information content (AvgIpc) is 3.28. The lowest BCUT2D eigenvalue weighted by Gasteiger charge is -1.91. The molecule has 0 spiro atoms. The molecular formula is C17H14N4O4. The lowest BCUT2D eigenvalue weighted by atomic mass is 10.2. The number of benzene rings is 1. The fourth-order valence-electron chi connectivity index (χ4n) is 1.75. The third-order valence-electron chi connectivity index (χ3n) is 2.72. The number of nitrogens with zero attached hydrogens (tertiary/aromatic N) is 4. The van der Waals surface area contributed by atoms with Gasteiger partial charge in [-0.3, -0.25) is 4.79 Å². The van der Waals surface area contributed by atoms with Crippen LogP contribution in [-0.2, 0) is 4.79 Å². The first-order valence-electron chi connectivity index (χ1n) is 7.14. The zero-order chi connectivity index (χ0) is 18.1. The van der Waals surface area contributed by atoms with Gasteiger partial charge in [0.05, 0.1) is 12.4 Å². The number of fused-ring (bicyclic) bond motifs is 1. The topological polar surface area (TPSA) is 117 Å². The van der Waals surface area contributed by atoms with E-state index in [4.69, 9.17) is 14.3 Å². The predicted octanol–water partition coefficient (Wildman–Crippen LogP) is 4.04. The molecule has 0 saturated heterocycles. The molecule has 0 fully saturated rings. The molecule has 0 unspecified atom stereocenters. The van der Waals surface area contributed by atoms with Gasteiger partial charge in [0.15, 0.2) is 0 Å². The summed E-state index contributed by atoms with van der Waals surface area (Å²) in [7, 11) is 0. The predicted molar refractivity (Wildman–Crippen MR) is 90.8 cm³/mol. The van der Waals surface area contributed by atoms with Crippen molar-refractivity contribution in [2.75, 3.05) is 0 Å². The quantitative estimate of drug-likeness (QED) is 0.729. The van der Waals surface area contributed by atoms with Crippen LogP contribution in [0.3, 0.4) is 0 Å². The van der Waals surface area contributed by atoms with Gasteiger partial charge in [0.25, 0.3) is 5.97 Å². The van der Waals surface area contributed by atoms with Gasteiger partial charge in [0.1, 0.15) is 17.0 Å². The number of rotatable bonds is 0. The van der Waals surface area contributed by atoms with Crippen LogP contribution in [0.5, 0.6) is 0 Å². The molecule has 8 heteroatoms. The zero-order valence-electron chi connectivity index (χ0n) is 13.2. The van der Waals surface area contributed by atoms with Gasteiger partial charge in [0.2, 0.25) is 0 Å². The largest absolute Gasteiger partial charge is 0.481 e. The minimum absolute atomic E-state index is 0.302. The monoisotopic (exact) mass is 338 g/mol. The fourth-order valence-corrected chi connectivity index (χ4v) is 1.75. The molecule has 1 N–H and O–H groups in total. The summed E-state index contributed by atoms with van der Waals surface area (Å²) in [6, 6.07) is 10.6. The summed E-state index contributed by atoms with van der Waals surface area (Å²) < 4.78 is 4.91. The summed E-state index contributed by atoms with van der Waals surface area (Å²) in [5.74, 6) is -0.833. The van der Waals surface area contributed by atoms with Crippen LogP contribution in [-0.4, -0.2) is 11.1 Å². The lowest BCUT2D eigenvalue weighted by Crippen LogP contribution is -1.93. The Morgan fingerprint density at radius 2 is 1.52 bits per heavy atom. The molecule has 0 aliphatic carbocycles. The van der Waals surface area contributed by atoms with Crippen molar-refractivity contribution in [3.63, 3.8) is 0 Å². The molecule has 0 atom stereocenters. The van der Waals surface area contributed by atoms with Gasteiger partial charge in [-0.05, 0) is 24.3 Å². The number of carboxylic acids is 1. The Morgan fingerprint density at radius 1 is 0.960 bits per heavy atom. The molecule has 126 valence electrons. The van der Waals surface area contributed by atoms with E-state index in [9.17, 15) is 4.79 Å². The highest BCUT2D eigenvalue weighted by atomic mass is 16.4. The van der Waals surface area contributed by atoms with Gasteiger partial charge in [-0.25, -0.2) is 4.79 Å². The van der Waals surface area contributed by atoms with Crippen molar-refractivity contribution in [2.24, 2.45) is 20.5 Å². The summed E-state index contributed by atoms with van der Waals surface area (Å²) in [5.41, 5.74) is 1.89. The number of carbonyl (C=O) groups is 1. The average molecular weight is 338 g/mol. The van der Waals surface area contributed by atoms with Crippen molar-refractivity contribution in [1.29, 1.82) is 0 Å². The second kappa shape index (κ2) is 8.82. The SMILES string of the molecule is C1=CC(=C2C=CN=N2)N=N1.CC(=O)O.O=c1ccc2ccccc2o1. The Bertz CT molecular complexity index is 906. The van der Waals surface area contributed by atoms with Crippen LogP contribution in [0.1, 0.15) is 6.92 Å². The Labute approximate surface area is 142 Å². The number of para-hydroxylation sites is 1. The fraction of sp³-hybridized carbons (Fsp3) is 0.0588. The summed E-state index contributed by atoms with van der Waals surface area (Å²) in [4.78, 5) is 19.7. The molecule has 0 saturated carbocycles. The van der Waals surface area contributed by atoms with Crippen molar-refractivity contribution in [1.82, 2.24) is 0 Å². The minimum Gasteiger partial charge on any atom is -0.481 e. The molecule has 2 aliphatic heterocycles. The van der Waals surface area contributed by atoms with E-state index in [0.29, 0.717) is 5.58 Å². The number of allylic oxidation sites excluding steroid dienone is 2. The first kappa shape index (κ1) is 17.7. The maximum absolute atomic E-state index is 10.7. The van der Waals surface area contributed by atoms with E-state index in [-0.39, 0.29) is 5.63 Å². The maximum atomic E-state index is 10.7. The van der Waals surface area contributed by atoms with Gasteiger partial charge in [-0.2, -0.15) is 10.2 Å². The van der Waals surface area contributed by atoms with Crippen molar-refractivity contribution in [3.05, 3.63) is 82.8 Å². The van der Waals surface area contributed by atoms with Crippen molar-refractivity contribution >= 4 is 16.9 Å². The summed E-state index contributed by atoms with van der Waals surface area (Å²) in [6.07, 6.45) is 6.85. The Balaban J connectivity index is 0.000000150. The molecule has 0 radical (unpaired) electrons. The van der Waals surface area contributed by atoms with Crippen LogP contribution in [0.2, 0.25) is 0 Å². The van der Waals surface area contributed by atoms with Crippen molar-refractivity contribution < 1.29 is 14.3 Å². The van der Waals surface area contributed by atoms with E-state index in [1.807, 2.05) is 18.2 Å². The molecule has 1 aromatic carbocycles. The van der Waals surface area contributed by atoms with Gasteiger partial charge >= 0.3 is 5.63 Å². The normalized spacial score (nSPS) is 16.4. The molecule has 0 bridgehead atoms. The van der Waals surface area contributed by atoms with Crippen LogP contribution in [0.15, 0.2) is 102 Å². The van der Waals surface area contributed by atoms with Crippen LogP contribution in [0.4, 0.5) is 0 Å². The minimum atomic E-state index is -0.833. The van der Waals surface area contributed by atoms with Crippen LogP contribution in [0, 0.1) is 0 Å². The van der Waals surface area contributed by atoms with E-state index < -0.39 is 5.97 Å². The summed E-state index contributed by atoms with van der Waals surface area (Å²) in [5, 5.41) is 23.3. The number of azo groups is 2. The van der Waals surface area contributed by atoms with Gasteiger partial charge in [-0.1, -0.05) is 18.2 Å². The standard InChI is InChI=1S/C9H6O2.C6H4N4.C2H4O2/c10-9-6-5-7-3-1-2-4-8(7)11-9;1-3-7-9-5(1)6-2-4-8-10-6;1-2(3)4/h1-6H;1-4H;1H3,(H,3,4). The van der Waals surface area contributed by atoms with Gasteiger partial charge in [-0.15, -0.1) is 10.2 Å². The number of carboxylic acid groups (broad SMARTS) is 1. The Kier molecular flexibility index (Phi) is 6.24. The van der Waals surface area contributed by atoms with Crippen LogP contribution < -0.4 is 5.63 Å². The molecule has 2 aromatic rings. The van der Waals surface area contributed by atoms with E-state index in [1.165, 1.54) is 6.07 Å². The summed E-state index contributed by atoms with van der Waals surface area (Å²) >= 11 is 0. The molecule has 1 aromatic heterocycles. The highest BCUT2D eigenvalue weighted by Crippen LogP contribution is 2.19. The Morgan fingerprint density at radius 3 is 2.04 bits per heavy atom. The second-order valence-electron chi connectivity index (χ2n) is 4.64. The first-order chi connectivity index (χ1) is 12.1. The van der Waals surface area contributed by atoms with Gasteiger partial charge < -0.3 is 9.52 Å². The lowest BCUT2D eigenvalue weighted by molar-refractivity contribution is -0.134. The van der Waals surface area contributed by atoms with Crippen LogP contribution in [0.25, 0.3) is 11.0 Å². The molecule has 4 rings (SSSR count). The molecule has 3 heterocycles. The second-order valence-corrected chi connectivity index (χ2v) is 4.64. The molecule has 2 aliphatic rings. The molecular weight excluding hydrogens is 324 g/mol. The zero-order valence-corrected chi connectivity index (χ0v) is 13.2. The van der Waals surface area contributed by atoms with Crippen molar-refractivity contribution in [3.8, 4) is 0 Å².